The maximum Gasteiger partial charge on any atom is 0.338 e. The molecule has 1 atom stereocenters. The molecule has 0 radical (unpaired) electrons. The smallest absolute Gasteiger partial charge is 0.338 e. The average Bonchev–Trinajstić information content (AvgIpc) is 3.75. The molecule has 3 amide bonds. The molecule has 0 spiro atoms. The van der Waals surface area contributed by atoms with Crippen LogP contribution in [0.25, 0.3) is 22.9 Å². The van der Waals surface area contributed by atoms with Crippen LogP contribution in [0, 0.1) is 5.82 Å². The number of carbonyl (C=O) groups excluding carboxylic acids is 4. The zero-order valence-corrected chi connectivity index (χ0v) is 33.2. The van der Waals surface area contributed by atoms with Gasteiger partial charge in [0.2, 0.25) is 5.91 Å². The zero-order chi connectivity index (χ0) is 41.3. The van der Waals surface area contributed by atoms with Gasteiger partial charge in [0.25, 0.3) is 11.8 Å². The molecule has 0 saturated heterocycles. The fraction of sp³-hybridized carbons (Fsp3) is 0.262. The molecule has 1 aliphatic rings. The molecule has 0 aliphatic carbocycles. The Morgan fingerprint density at radius 3 is 2.34 bits per heavy atom. The number of esters is 1. The number of rotatable bonds is 14. The Bertz CT molecular complexity index is 2300. The molecule has 0 fully saturated rings. The number of nitrogens with one attached hydrogen (secondary N) is 2. The van der Waals surface area contributed by atoms with E-state index in [4.69, 9.17) is 16.3 Å². The lowest BCUT2D eigenvalue weighted by atomic mass is 9.85. The SMILES string of the molecule is CN(C)CCNC(=O)c1ccc(-c2cccc3c2CCN(C(=O)/C=C/c2c(-n4cnnn4)ccc(Cl)c2F)[C@H]3C(=O)Nc2ccc(C(=O)OCCN(C)C)cc2)cc1. The Morgan fingerprint density at radius 2 is 1.66 bits per heavy atom. The number of benzene rings is 4. The van der Waals surface area contributed by atoms with Crippen molar-refractivity contribution in [1.29, 1.82) is 0 Å². The van der Waals surface area contributed by atoms with Crippen LogP contribution in [0.4, 0.5) is 10.1 Å². The second-order valence-electron chi connectivity index (χ2n) is 14.1. The van der Waals surface area contributed by atoms with E-state index in [-0.39, 0.29) is 35.3 Å². The lowest BCUT2D eigenvalue weighted by molar-refractivity contribution is -0.135. The summed E-state index contributed by atoms with van der Waals surface area (Å²) in [6.07, 6.45) is 4.16. The molecular weight excluding hydrogens is 765 g/mol. The van der Waals surface area contributed by atoms with Crippen molar-refractivity contribution in [3.63, 3.8) is 0 Å². The van der Waals surface area contributed by atoms with Crippen molar-refractivity contribution in [2.45, 2.75) is 12.5 Å². The summed E-state index contributed by atoms with van der Waals surface area (Å²) in [7, 11) is 7.63. The Labute approximate surface area is 340 Å². The molecule has 2 N–H and O–H groups in total. The Hall–Kier alpha value is -6.29. The van der Waals surface area contributed by atoms with Crippen molar-refractivity contribution in [3.05, 3.63) is 130 Å². The summed E-state index contributed by atoms with van der Waals surface area (Å²) in [6, 6.07) is 20.9. The molecule has 4 aromatic carbocycles. The van der Waals surface area contributed by atoms with Crippen molar-refractivity contribution in [1.82, 2.24) is 40.2 Å². The van der Waals surface area contributed by atoms with E-state index >= 15 is 4.39 Å². The van der Waals surface area contributed by atoms with Crippen molar-refractivity contribution in [2.75, 3.05) is 66.3 Å². The minimum Gasteiger partial charge on any atom is -0.461 e. The first-order valence-corrected chi connectivity index (χ1v) is 18.9. The molecule has 0 bridgehead atoms. The zero-order valence-electron chi connectivity index (χ0n) is 32.5. The van der Waals surface area contributed by atoms with Gasteiger partial charge in [0.05, 0.1) is 16.3 Å². The number of amides is 3. The first-order valence-electron chi connectivity index (χ1n) is 18.5. The standard InChI is InChI=1S/C42H43ClFN9O5/c1-50(2)23-21-45-40(55)28-10-8-27(9-11-28)31-6-5-7-33-32(31)20-22-52(37(54)19-16-34-36(53-26-46-48-49-53)18-17-35(43)38(34)44)39(33)41(56)47-30-14-12-29(13-15-30)42(57)58-25-24-51(3)4/h5-19,26,39H,20-25H2,1-4H3,(H,45,55)(H,47,56)/b19-16+/t39-/m1/s1. The number of hydrogen-bond donors (Lipinski definition) is 2. The van der Waals surface area contributed by atoms with Crippen LogP contribution in [0.2, 0.25) is 5.02 Å². The number of ether oxygens (including phenoxy) is 1. The van der Waals surface area contributed by atoms with Gasteiger partial charge in [-0.3, -0.25) is 14.4 Å². The first kappa shape index (κ1) is 41.3. The largest absolute Gasteiger partial charge is 0.461 e. The fourth-order valence-electron chi connectivity index (χ4n) is 6.50. The predicted octanol–water partition coefficient (Wildman–Crippen LogP) is 4.91. The maximum absolute atomic E-state index is 15.4. The molecule has 1 aliphatic heterocycles. The number of hydrogen-bond acceptors (Lipinski definition) is 10. The highest BCUT2D eigenvalue weighted by Crippen LogP contribution is 2.37. The summed E-state index contributed by atoms with van der Waals surface area (Å²) in [4.78, 5) is 59.1. The molecule has 2 heterocycles. The molecular formula is C42H43ClFN9O5. The number of anilines is 1. The highest BCUT2D eigenvalue weighted by molar-refractivity contribution is 6.31. The molecule has 14 nitrogen and oxygen atoms in total. The summed E-state index contributed by atoms with van der Waals surface area (Å²) >= 11 is 6.12. The summed E-state index contributed by atoms with van der Waals surface area (Å²) < 4.78 is 22.0. The van der Waals surface area contributed by atoms with Gasteiger partial charge in [-0.15, -0.1) is 5.10 Å². The molecule has 6 rings (SSSR count). The predicted molar refractivity (Wildman–Crippen MR) is 218 cm³/mol. The van der Waals surface area contributed by atoms with E-state index in [0.29, 0.717) is 48.4 Å². The number of carbonyl (C=O) groups is 4. The van der Waals surface area contributed by atoms with Crippen LogP contribution in [0.15, 0.2) is 91.3 Å². The number of likely N-dealkylation sites (N-methyl/N-ethyl adjacent to an activating group) is 2. The maximum atomic E-state index is 15.4. The summed E-state index contributed by atoms with van der Waals surface area (Å²) in [5, 5.41) is 16.8. The van der Waals surface area contributed by atoms with Gasteiger partial charge in [-0.25, -0.2) is 9.18 Å². The van der Waals surface area contributed by atoms with Crippen molar-refractivity contribution in [2.24, 2.45) is 0 Å². The summed E-state index contributed by atoms with van der Waals surface area (Å²) in [6.45, 7) is 2.16. The topological polar surface area (TPSA) is 155 Å². The highest BCUT2D eigenvalue weighted by Gasteiger charge is 2.36. The third-order valence-electron chi connectivity index (χ3n) is 9.51. The van der Waals surface area contributed by atoms with Gasteiger partial charge in [-0.2, -0.15) is 4.68 Å². The van der Waals surface area contributed by atoms with Gasteiger partial charge >= 0.3 is 5.97 Å². The molecule has 16 heteroatoms. The normalized spacial score (nSPS) is 13.8. The van der Waals surface area contributed by atoms with Crippen LogP contribution in [0.1, 0.15) is 43.4 Å². The number of fused-ring (bicyclic) bond motifs is 1. The lowest BCUT2D eigenvalue weighted by Crippen LogP contribution is -2.45. The van der Waals surface area contributed by atoms with E-state index < -0.39 is 29.6 Å². The van der Waals surface area contributed by atoms with E-state index in [1.165, 1.54) is 40.2 Å². The molecule has 300 valence electrons. The molecule has 58 heavy (non-hydrogen) atoms. The van der Waals surface area contributed by atoms with Gasteiger partial charge < -0.3 is 30.1 Å². The minimum absolute atomic E-state index is 0.0241. The van der Waals surface area contributed by atoms with Gasteiger partial charge in [0.1, 0.15) is 19.0 Å². The third-order valence-corrected chi connectivity index (χ3v) is 9.81. The van der Waals surface area contributed by atoms with Crippen LogP contribution in [0.3, 0.4) is 0 Å². The van der Waals surface area contributed by atoms with E-state index in [2.05, 4.69) is 26.2 Å². The second-order valence-corrected chi connectivity index (χ2v) is 14.5. The van der Waals surface area contributed by atoms with E-state index in [1.54, 1.807) is 42.5 Å². The van der Waals surface area contributed by atoms with Crippen LogP contribution < -0.4 is 10.6 Å². The van der Waals surface area contributed by atoms with Gasteiger partial charge in [-0.1, -0.05) is 41.9 Å². The van der Waals surface area contributed by atoms with Crippen LogP contribution in [0.5, 0.6) is 0 Å². The van der Waals surface area contributed by atoms with Gasteiger partial charge in [-0.05, 0) is 122 Å². The number of aromatic nitrogens is 4. The van der Waals surface area contributed by atoms with Crippen LogP contribution >= 0.6 is 11.6 Å². The van der Waals surface area contributed by atoms with Crippen LogP contribution in [-0.2, 0) is 20.7 Å². The minimum atomic E-state index is -1.11. The monoisotopic (exact) mass is 807 g/mol. The fourth-order valence-corrected chi connectivity index (χ4v) is 6.66. The van der Waals surface area contributed by atoms with Crippen molar-refractivity contribution in [3.8, 4) is 16.8 Å². The van der Waals surface area contributed by atoms with E-state index in [9.17, 15) is 19.2 Å². The Morgan fingerprint density at radius 1 is 0.931 bits per heavy atom. The highest BCUT2D eigenvalue weighted by atomic mass is 35.5. The van der Waals surface area contributed by atoms with Gasteiger partial charge in [0.15, 0.2) is 5.82 Å². The van der Waals surface area contributed by atoms with E-state index in [0.717, 1.165) is 16.7 Å². The number of halogens is 2. The van der Waals surface area contributed by atoms with Crippen molar-refractivity contribution < 1.29 is 28.3 Å². The quantitative estimate of drug-likeness (QED) is 0.117. The average molecular weight is 808 g/mol. The Balaban J connectivity index is 1.30. The molecule has 0 saturated carbocycles. The number of tetrazole rings is 1. The second kappa shape index (κ2) is 18.8. The van der Waals surface area contributed by atoms with Crippen molar-refractivity contribution >= 4 is 47.1 Å². The number of nitrogens with zero attached hydrogens (tertiary/aromatic N) is 7. The first-order chi connectivity index (χ1) is 27.9. The molecule has 1 aromatic heterocycles. The molecule has 5 aromatic rings. The van der Waals surface area contributed by atoms with E-state index in [1.807, 2.05) is 62.3 Å². The Kier molecular flexibility index (Phi) is 13.4. The lowest BCUT2D eigenvalue weighted by Gasteiger charge is -2.37. The van der Waals surface area contributed by atoms with Crippen LogP contribution in [-0.4, -0.2) is 120 Å². The summed E-state index contributed by atoms with van der Waals surface area (Å²) in [5.74, 6) is -2.51. The van der Waals surface area contributed by atoms with Gasteiger partial charge in [0, 0.05) is 49.1 Å². The summed E-state index contributed by atoms with van der Waals surface area (Å²) in [5.41, 5.74) is 4.59. The molecule has 0 unspecified atom stereocenters. The third kappa shape index (κ3) is 9.80.